The average Bonchev–Trinajstić information content (AvgIpc) is 3.91. The SMILES string of the molecule is c1ccc(-c2cccc(-n3c4ccccc4c4cc5c(cc43)c3ccccc3n5-c3ccnc(-c4ccc5c(c4)c4ccccc4n5-c4ccccc4)n3)c2)cc1. The number of hydrogen-bond acceptors (Lipinski definition) is 2. The van der Waals surface area contributed by atoms with E-state index in [4.69, 9.17) is 9.97 Å². The van der Waals surface area contributed by atoms with Gasteiger partial charge in [-0.25, -0.2) is 9.97 Å². The van der Waals surface area contributed by atoms with Gasteiger partial charge >= 0.3 is 0 Å². The molecule has 12 aromatic rings. The highest BCUT2D eigenvalue weighted by molar-refractivity contribution is 6.19. The minimum atomic E-state index is 0.688. The highest BCUT2D eigenvalue weighted by Crippen LogP contribution is 2.40. The summed E-state index contributed by atoms with van der Waals surface area (Å²) in [5.41, 5.74) is 12.5. The van der Waals surface area contributed by atoms with E-state index in [1.165, 1.54) is 60.0 Å². The van der Waals surface area contributed by atoms with Gasteiger partial charge in [-0.1, -0.05) is 115 Å². The fourth-order valence-electron chi connectivity index (χ4n) is 8.99. The minimum absolute atomic E-state index is 0.688. The molecular formula is C52H33N5. The van der Waals surface area contributed by atoms with Crippen LogP contribution in [-0.2, 0) is 0 Å². The van der Waals surface area contributed by atoms with Crippen LogP contribution in [0.1, 0.15) is 0 Å². The second-order valence-corrected chi connectivity index (χ2v) is 14.7. The summed E-state index contributed by atoms with van der Waals surface area (Å²) in [5.74, 6) is 1.52. The molecule has 5 nitrogen and oxygen atoms in total. The number of hydrogen-bond donors (Lipinski definition) is 0. The Morgan fingerprint density at radius 3 is 1.49 bits per heavy atom. The molecule has 57 heavy (non-hydrogen) atoms. The summed E-state index contributed by atoms with van der Waals surface area (Å²) >= 11 is 0. The van der Waals surface area contributed by atoms with Crippen LogP contribution < -0.4 is 0 Å². The van der Waals surface area contributed by atoms with Crippen molar-refractivity contribution in [3.8, 4) is 39.7 Å². The Morgan fingerprint density at radius 1 is 0.298 bits per heavy atom. The van der Waals surface area contributed by atoms with Crippen molar-refractivity contribution >= 4 is 65.4 Å². The van der Waals surface area contributed by atoms with E-state index >= 15 is 0 Å². The van der Waals surface area contributed by atoms with Crippen molar-refractivity contribution in [2.75, 3.05) is 0 Å². The molecule has 4 heterocycles. The molecule has 0 N–H and O–H groups in total. The third-order valence-electron chi connectivity index (χ3n) is 11.5. The lowest BCUT2D eigenvalue weighted by Gasteiger charge is -2.11. The molecule has 0 fully saturated rings. The zero-order chi connectivity index (χ0) is 37.5. The van der Waals surface area contributed by atoms with Crippen LogP contribution in [0, 0.1) is 0 Å². The van der Waals surface area contributed by atoms with Gasteiger partial charge in [0.1, 0.15) is 5.82 Å². The second kappa shape index (κ2) is 12.4. The van der Waals surface area contributed by atoms with Gasteiger partial charge in [-0.2, -0.15) is 0 Å². The lowest BCUT2D eigenvalue weighted by molar-refractivity contribution is 1.05. The van der Waals surface area contributed by atoms with E-state index in [9.17, 15) is 0 Å². The van der Waals surface area contributed by atoms with E-state index in [1.807, 2.05) is 12.3 Å². The third-order valence-corrected chi connectivity index (χ3v) is 11.5. The Hall–Kier alpha value is -7.76. The monoisotopic (exact) mass is 727 g/mol. The van der Waals surface area contributed by atoms with Crippen molar-refractivity contribution in [1.29, 1.82) is 0 Å². The van der Waals surface area contributed by atoms with Crippen LogP contribution in [0.25, 0.3) is 105 Å². The van der Waals surface area contributed by atoms with E-state index in [0.717, 1.165) is 39.3 Å². The van der Waals surface area contributed by atoms with Crippen LogP contribution >= 0.6 is 0 Å². The normalized spacial score (nSPS) is 11.9. The van der Waals surface area contributed by atoms with Crippen LogP contribution in [0.5, 0.6) is 0 Å². The topological polar surface area (TPSA) is 40.6 Å². The predicted octanol–water partition coefficient (Wildman–Crippen LogP) is 13.1. The molecule has 0 aliphatic carbocycles. The molecule has 0 bridgehead atoms. The first-order valence-corrected chi connectivity index (χ1v) is 19.3. The van der Waals surface area contributed by atoms with E-state index in [0.29, 0.717) is 5.82 Å². The van der Waals surface area contributed by atoms with Gasteiger partial charge in [-0.15, -0.1) is 0 Å². The van der Waals surface area contributed by atoms with Crippen LogP contribution in [0.4, 0.5) is 0 Å². The number of para-hydroxylation sites is 4. The van der Waals surface area contributed by atoms with Gasteiger partial charge in [0.15, 0.2) is 5.82 Å². The summed E-state index contributed by atoms with van der Waals surface area (Å²) in [7, 11) is 0. The second-order valence-electron chi connectivity index (χ2n) is 14.7. The Bertz CT molecular complexity index is 3520. The maximum atomic E-state index is 5.31. The van der Waals surface area contributed by atoms with Crippen molar-refractivity contribution in [3.05, 3.63) is 200 Å². The molecule has 266 valence electrons. The van der Waals surface area contributed by atoms with Gasteiger partial charge in [0.05, 0.1) is 33.1 Å². The first-order chi connectivity index (χ1) is 28.3. The standard InChI is InChI=1S/C52H33N5/c1-3-14-34(15-4-1)35-16-13-19-38(30-35)56-46-24-11-8-21-40(46)43-33-50-44(32-49(43)56)41-22-9-12-25-47(41)57(50)51-28-29-53-52(54-51)36-26-27-48-42(31-36)39-20-7-10-23-45(39)55(48)37-17-5-2-6-18-37/h1-33H. The van der Waals surface area contributed by atoms with Crippen molar-refractivity contribution < 1.29 is 0 Å². The number of rotatable bonds is 5. The number of fused-ring (bicyclic) bond motifs is 9. The largest absolute Gasteiger partial charge is 0.309 e. The molecule has 0 spiro atoms. The maximum Gasteiger partial charge on any atom is 0.161 e. The molecule has 12 rings (SSSR count). The van der Waals surface area contributed by atoms with Crippen LogP contribution in [0.3, 0.4) is 0 Å². The van der Waals surface area contributed by atoms with Crippen LogP contribution in [-0.4, -0.2) is 23.7 Å². The highest BCUT2D eigenvalue weighted by Gasteiger charge is 2.20. The van der Waals surface area contributed by atoms with Gasteiger partial charge in [0.2, 0.25) is 0 Å². The quantitative estimate of drug-likeness (QED) is 0.177. The Balaban J connectivity index is 1.06. The summed E-state index contributed by atoms with van der Waals surface area (Å²) in [6.07, 6.45) is 1.89. The first-order valence-electron chi connectivity index (χ1n) is 19.3. The van der Waals surface area contributed by atoms with Gasteiger partial charge < -0.3 is 9.13 Å². The maximum absolute atomic E-state index is 5.31. The highest BCUT2D eigenvalue weighted by atomic mass is 15.1. The lowest BCUT2D eigenvalue weighted by atomic mass is 10.1. The summed E-state index contributed by atoms with van der Waals surface area (Å²) in [6, 6.07) is 69.4. The van der Waals surface area contributed by atoms with E-state index in [-0.39, 0.29) is 0 Å². The molecule has 0 saturated heterocycles. The van der Waals surface area contributed by atoms with Gasteiger partial charge in [-0.3, -0.25) is 4.57 Å². The minimum Gasteiger partial charge on any atom is -0.309 e. The Kier molecular flexibility index (Phi) is 6.86. The molecule has 0 radical (unpaired) electrons. The van der Waals surface area contributed by atoms with Crippen LogP contribution in [0.2, 0.25) is 0 Å². The Labute approximate surface area is 328 Å². The third kappa shape index (κ3) is 4.82. The molecule has 0 atom stereocenters. The molecule has 0 amide bonds. The van der Waals surface area contributed by atoms with E-state index < -0.39 is 0 Å². The smallest absolute Gasteiger partial charge is 0.161 e. The summed E-state index contributed by atoms with van der Waals surface area (Å²) < 4.78 is 7.05. The number of aromatic nitrogens is 5. The summed E-state index contributed by atoms with van der Waals surface area (Å²) in [4.78, 5) is 10.2. The predicted molar refractivity (Wildman–Crippen MR) is 236 cm³/mol. The molecule has 5 heteroatoms. The molecular weight excluding hydrogens is 695 g/mol. The fraction of sp³-hybridized carbons (Fsp3) is 0. The average molecular weight is 728 g/mol. The lowest BCUT2D eigenvalue weighted by Crippen LogP contribution is -2.00. The van der Waals surface area contributed by atoms with Crippen molar-refractivity contribution in [3.63, 3.8) is 0 Å². The van der Waals surface area contributed by atoms with Gasteiger partial charge in [0, 0.05) is 55.5 Å². The first kappa shape index (κ1) is 31.6. The summed E-state index contributed by atoms with van der Waals surface area (Å²) in [5, 5.41) is 7.14. The Morgan fingerprint density at radius 2 is 0.807 bits per heavy atom. The molecule has 0 unspecified atom stereocenters. The van der Waals surface area contributed by atoms with Crippen molar-refractivity contribution in [1.82, 2.24) is 23.7 Å². The summed E-state index contributed by atoms with van der Waals surface area (Å²) in [6.45, 7) is 0. The molecule has 4 aromatic heterocycles. The number of benzene rings is 8. The number of nitrogens with zero attached hydrogens (tertiary/aromatic N) is 5. The zero-order valence-electron chi connectivity index (χ0n) is 30.8. The molecule has 0 saturated carbocycles. The zero-order valence-corrected chi connectivity index (χ0v) is 30.8. The molecule has 0 aliphatic heterocycles. The molecule has 0 aliphatic rings. The van der Waals surface area contributed by atoms with Crippen molar-refractivity contribution in [2.24, 2.45) is 0 Å². The van der Waals surface area contributed by atoms with Crippen molar-refractivity contribution in [2.45, 2.75) is 0 Å². The fourth-order valence-corrected chi connectivity index (χ4v) is 8.99. The van der Waals surface area contributed by atoms with Crippen LogP contribution in [0.15, 0.2) is 200 Å². The van der Waals surface area contributed by atoms with Gasteiger partial charge in [-0.05, 0) is 90.0 Å². The molecule has 8 aromatic carbocycles. The van der Waals surface area contributed by atoms with E-state index in [1.54, 1.807) is 0 Å². The van der Waals surface area contributed by atoms with Gasteiger partial charge in [0.25, 0.3) is 0 Å². The van der Waals surface area contributed by atoms with E-state index in [2.05, 4.69) is 202 Å².